The van der Waals surface area contributed by atoms with Crippen LogP contribution in [0.1, 0.15) is 5.56 Å². The maximum atomic E-state index is 12.4. The van der Waals surface area contributed by atoms with Gasteiger partial charge < -0.3 is 5.11 Å². The van der Waals surface area contributed by atoms with E-state index in [0.717, 1.165) is 20.6 Å². The van der Waals surface area contributed by atoms with Gasteiger partial charge in [-0.05, 0) is 111 Å². The Bertz CT molecular complexity index is 1350. The molecule has 0 aliphatic rings. The van der Waals surface area contributed by atoms with Crippen LogP contribution < -0.4 is 15.1 Å². The molecule has 172 valence electrons. The number of aromatic nitrogens is 3. The van der Waals surface area contributed by atoms with Crippen LogP contribution in [0.3, 0.4) is 0 Å². The molecule has 1 heterocycles. The Kier molecular flexibility index (Phi) is 8.45. The lowest BCUT2D eigenvalue weighted by Gasteiger charge is -2.13. The molecule has 1 amide bonds. The van der Waals surface area contributed by atoms with Gasteiger partial charge in [0.1, 0.15) is 5.69 Å². The van der Waals surface area contributed by atoms with Crippen LogP contribution >= 0.6 is 68.5 Å². The van der Waals surface area contributed by atoms with Gasteiger partial charge in [-0.1, -0.05) is 35.5 Å². The average molecular weight is 716 g/mol. The fraction of sp³-hybridized carbons (Fsp3) is 0.0435. The molecule has 11 heteroatoms. The number of nitrogens with one attached hydrogen (secondary N) is 2. The maximum Gasteiger partial charge on any atom is 0.342 e. The Hall–Kier alpha value is -2.16. The van der Waals surface area contributed by atoms with Gasteiger partial charge in [0.2, 0.25) is 0 Å². The number of thioether (sulfide) groups is 1. The largest absolute Gasteiger partial charge is 0.871 e. The molecule has 0 spiro atoms. The molecule has 0 aliphatic heterocycles. The number of carbonyl (C=O) groups is 1. The van der Waals surface area contributed by atoms with E-state index < -0.39 is 0 Å². The Labute approximate surface area is 232 Å². The van der Waals surface area contributed by atoms with Crippen LogP contribution in [0, 0.1) is 7.14 Å². The van der Waals surface area contributed by atoms with Crippen molar-refractivity contribution in [1.29, 1.82) is 0 Å². The number of rotatable bonds is 7. The van der Waals surface area contributed by atoms with Crippen molar-refractivity contribution in [3.63, 3.8) is 0 Å². The number of carbonyl (C=O) groups excluding carboxylic acids is 1. The Balaban J connectivity index is 1.50. The van der Waals surface area contributed by atoms with E-state index in [9.17, 15) is 9.90 Å². The number of para-hydroxylation sites is 1. The smallest absolute Gasteiger partial charge is 0.342 e. The van der Waals surface area contributed by atoms with Crippen LogP contribution in [0.5, 0.6) is 5.75 Å². The molecular formula is C23H16ClI2N5O2S. The molecule has 1 aromatic heterocycles. The summed E-state index contributed by atoms with van der Waals surface area (Å²) in [6.07, 6.45) is 1.37. The number of aromatic amines is 1. The van der Waals surface area contributed by atoms with Crippen LogP contribution in [0.25, 0.3) is 17.1 Å². The van der Waals surface area contributed by atoms with Crippen molar-refractivity contribution in [2.75, 3.05) is 5.75 Å². The second-order valence-corrected chi connectivity index (χ2v) is 10.7. The highest BCUT2D eigenvalue weighted by molar-refractivity contribution is 14.1. The molecule has 0 aliphatic carbocycles. The van der Waals surface area contributed by atoms with Crippen molar-refractivity contribution in [1.82, 2.24) is 15.6 Å². The minimum absolute atomic E-state index is 0.0865. The van der Waals surface area contributed by atoms with Gasteiger partial charge in [-0.15, -0.1) is 5.10 Å². The lowest BCUT2D eigenvalue weighted by atomic mass is 10.2. The lowest BCUT2D eigenvalue weighted by molar-refractivity contribution is -0.625. The van der Waals surface area contributed by atoms with Crippen LogP contribution in [0.15, 0.2) is 77.0 Å². The summed E-state index contributed by atoms with van der Waals surface area (Å²) in [5.74, 6) is 0.414. The highest BCUT2D eigenvalue weighted by Gasteiger charge is 2.24. The van der Waals surface area contributed by atoms with Crippen LogP contribution in [-0.4, -0.2) is 28.1 Å². The van der Waals surface area contributed by atoms with Crippen molar-refractivity contribution in [2.24, 2.45) is 5.10 Å². The van der Waals surface area contributed by atoms with Gasteiger partial charge in [-0.3, -0.25) is 4.79 Å². The standard InChI is InChI=1S/C23H16ClI2N5O2S/c24-16-8-6-14(7-9-16)22-29-30-23(31(22)18-4-2-1-3-5-18)34-13-20(32)28-27-12-15-10-17(25)11-19(26)21(15)33/h1-12H,13H2,(H2,27,28,32,33). The summed E-state index contributed by atoms with van der Waals surface area (Å²) in [4.78, 5) is 12.4. The number of H-pyrrole nitrogens is 1. The molecule has 2 N–H and O–H groups in total. The van der Waals surface area contributed by atoms with Crippen LogP contribution in [0.4, 0.5) is 0 Å². The molecule has 0 bridgehead atoms. The number of hydrogen-bond acceptors (Lipinski definition) is 5. The van der Waals surface area contributed by atoms with Crippen molar-refractivity contribution in [3.8, 4) is 22.8 Å². The molecule has 3 aromatic carbocycles. The summed E-state index contributed by atoms with van der Waals surface area (Å²) in [6.45, 7) is 0. The molecule has 4 rings (SSSR count). The second kappa shape index (κ2) is 11.5. The normalized spacial score (nSPS) is 11.1. The fourth-order valence-corrected chi connectivity index (χ4v) is 5.80. The fourth-order valence-electron chi connectivity index (χ4n) is 3.02. The summed E-state index contributed by atoms with van der Waals surface area (Å²) in [5, 5.41) is 24.9. The Morgan fingerprint density at radius 3 is 2.65 bits per heavy atom. The zero-order valence-corrected chi connectivity index (χ0v) is 23.2. The highest BCUT2D eigenvalue weighted by Crippen LogP contribution is 2.24. The number of hydrogen-bond donors (Lipinski definition) is 2. The van der Waals surface area contributed by atoms with Gasteiger partial charge >= 0.3 is 5.16 Å². The van der Waals surface area contributed by atoms with Crippen molar-refractivity contribution >= 4 is 80.7 Å². The number of nitrogens with zero attached hydrogens (tertiary/aromatic N) is 3. The molecule has 7 nitrogen and oxygen atoms in total. The molecular weight excluding hydrogens is 700 g/mol. The first kappa shape index (κ1) is 24.9. The Morgan fingerprint density at radius 2 is 1.91 bits per heavy atom. The zero-order valence-electron chi connectivity index (χ0n) is 17.3. The topological polar surface area (TPSA) is 97.1 Å². The molecule has 0 unspecified atom stereocenters. The molecule has 34 heavy (non-hydrogen) atoms. The summed E-state index contributed by atoms with van der Waals surface area (Å²) >= 11 is 11.4. The van der Waals surface area contributed by atoms with Gasteiger partial charge in [-0.25, -0.2) is 5.43 Å². The molecule has 0 radical (unpaired) electrons. The first-order valence-corrected chi connectivity index (χ1v) is 13.4. The second-order valence-electron chi connectivity index (χ2n) is 6.92. The monoisotopic (exact) mass is 715 g/mol. The summed E-state index contributed by atoms with van der Waals surface area (Å²) in [5.41, 5.74) is 4.70. The molecule has 0 saturated heterocycles. The van der Waals surface area contributed by atoms with E-state index in [2.05, 4.69) is 43.3 Å². The number of hydrazone groups is 1. The van der Waals surface area contributed by atoms with Gasteiger partial charge in [-0.2, -0.15) is 9.67 Å². The average Bonchev–Trinajstić information content (AvgIpc) is 3.25. The van der Waals surface area contributed by atoms with Gasteiger partial charge in [0.15, 0.2) is 0 Å². The first-order valence-electron chi connectivity index (χ1n) is 9.85. The van der Waals surface area contributed by atoms with Crippen molar-refractivity contribution in [3.05, 3.63) is 84.5 Å². The quantitative estimate of drug-likeness (QED) is 0.0967. The van der Waals surface area contributed by atoms with E-state index >= 15 is 0 Å². The van der Waals surface area contributed by atoms with E-state index in [1.807, 2.05) is 81.8 Å². The van der Waals surface area contributed by atoms with Crippen LogP contribution in [-0.2, 0) is 4.79 Å². The summed E-state index contributed by atoms with van der Waals surface area (Å²) in [6, 6.07) is 20.7. The van der Waals surface area contributed by atoms with Gasteiger partial charge in [0.25, 0.3) is 11.7 Å². The lowest BCUT2D eigenvalue weighted by Crippen LogP contribution is -2.34. The summed E-state index contributed by atoms with van der Waals surface area (Å²) in [7, 11) is 0. The van der Waals surface area contributed by atoms with E-state index in [4.69, 9.17) is 11.6 Å². The third-order valence-electron chi connectivity index (χ3n) is 4.57. The predicted molar refractivity (Wildman–Crippen MR) is 148 cm³/mol. The van der Waals surface area contributed by atoms with Crippen molar-refractivity contribution in [2.45, 2.75) is 5.16 Å². The third kappa shape index (κ3) is 6.09. The Morgan fingerprint density at radius 1 is 1.18 bits per heavy atom. The predicted octanol–water partition coefficient (Wildman–Crippen LogP) is 4.53. The molecule has 0 fully saturated rings. The van der Waals surface area contributed by atoms with Gasteiger partial charge in [0, 0.05) is 12.2 Å². The minimum atomic E-state index is -0.315. The maximum absolute atomic E-state index is 12.4. The van der Waals surface area contributed by atoms with E-state index in [1.165, 1.54) is 18.0 Å². The third-order valence-corrected chi connectivity index (χ3v) is 7.18. The van der Waals surface area contributed by atoms with E-state index in [-0.39, 0.29) is 17.4 Å². The van der Waals surface area contributed by atoms with Crippen molar-refractivity contribution < 1.29 is 14.5 Å². The number of amides is 1. The SMILES string of the molecule is O=C(CSc1n[nH]c(-c2ccc(Cl)cc2)[n+]1-c1ccccc1)NN=Cc1cc(I)cc(I)c1[O-]. The number of benzene rings is 3. The number of halogens is 3. The minimum Gasteiger partial charge on any atom is -0.871 e. The summed E-state index contributed by atoms with van der Waals surface area (Å²) < 4.78 is 3.47. The zero-order chi connectivity index (χ0) is 24.1. The van der Waals surface area contributed by atoms with E-state index in [0.29, 0.717) is 19.3 Å². The molecule has 4 aromatic rings. The van der Waals surface area contributed by atoms with Gasteiger partial charge in [0.05, 0.1) is 22.6 Å². The molecule has 0 atom stereocenters. The first-order chi connectivity index (χ1) is 16.4. The highest BCUT2D eigenvalue weighted by atomic mass is 127. The molecule has 0 saturated carbocycles. The van der Waals surface area contributed by atoms with Crippen LogP contribution in [0.2, 0.25) is 5.02 Å². The van der Waals surface area contributed by atoms with E-state index in [1.54, 1.807) is 12.1 Å².